The van der Waals surface area contributed by atoms with Gasteiger partial charge in [-0.3, -0.25) is 4.79 Å². The number of pyridine rings is 1. The summed E-state index contributed by atoms with van der Waals surface area (Å²) < 4.78 is 5.34. The molecule has 0 saturated carbocycles. The van der Waals surface area contributed by atoms with E-state index in [1.165, 1.54) is 0 Å². The summed E-state index contributed by atoms with van der Waals surface area (Å²) >= 11 is 0. The minimum absolute atomic E-state index is 0.181. The average molecular weight is 328 g/mol. The van der Waals surface area contributed by atoms with Gasteiger partial charge in [0.2, 0.25) is 0 Å². The second-order valence-electron chi connectivity index (χ2n) is 4.99. The van der Waals surface area contributed by atoms with Crippen molar-refractivity contribution in [1.29, 1.82) is 0 Å². The molecule has 8 nitrogen and oxygen atoms in total. The van der Waals surface area contributed by atoms with E-state index in [9.17, 15) is 4.79 Å². The third-order valence-corrected chi connectivity index (χ3v) is 3.09. The van der Waals surface area contributed by atoms with Crippen LogP contribution in [0.1, 0.15) is 12.8 Å². The van der Waals surface area contributed by atoms with Gasteiger partial charge in [0.15, 0.2) is 11.6 Å². The van der Waals surface area contributed by atoms with E-state index in [0.29, 0.717) is 35.8 Å². The van der Waals surface area contributed by atoms with E-state index in [-0.39, 0.29) is 11.8 Å². The molecule has 2 aromatic rings. The Hall–Kier alpha value is -3.00. The van der Waals surface area contributed by atoms with Gasteiger partial charge in [-0.25, -0.2) is 4.98 Å². The molecular weight excluding hydrogens is 308 g/mol. The number of nitrogens with two attached hydrogens (primary N) is 2. The molecule has 1 heterocycles. The Morgan fingerprint density at radius 1 is 1.17 bits per heavy atom. The smallest absolute Gasteiger partial charge is 0.311 e. The number of esters is 1. The van der Waals surface area contributed by atoms with Crippen LogP contribution in [0.15, 0.2) is 46.6 Å². The summed E-state index contributed by atoms with van der Waals surface area (Å²) in [5.41, 5.74) is 12.1. The first-order chi connectivity index (χ1) is 11.6. The van der Waals surface area contributed by atoms with Crippen molar-refractivity contribution in [3.63, 3.8) is 0 Å². The lowest BCUT2D eigenvalue weighted by Crippen LogP contribution is -2.13. The van der Waals surface area contributed by atoms with E-state index in [1.807, 2.05) is 7.05 Å². The number of hydrogen-bond donors (Lipinski definition) is 3. The van der Waals surface area contributed by atoms with Crippen molar-refractivity contribution in [3.8, 4) is 5.75 Å². The number of carbonyl (C=O) groups is 1. The monoisotopic (exact) mass is 328 g/mol. The Balaban J connectivity index is 2.10. The van der Waals surface area contributed by atoms with Gasteiger partial charge in [0, 0.05) is 6.42 Å². The SMILES string of the molecule is CNCCCC(=O)Oc1ccccc1N=Nc1ccc(N)nc1N. The van der Waals surface area contributed by atoms with Gasteiger partial charge in [0.1, 0.15) is 17.2 Å². The van der Waals surface area contributed by atoms with Crippen LogP contribution in [0.2, 0.25) is 0 Å². The molecule has 0 bridgehead atoms. The molecule has 5 N–H and O–H groups in total. The minimum atomic E-state index is -0.318. The molecule has 0 radical (unpaired) electrons. The maximum Gasteiger partial charge on any atom is 0.311 e. The van der Waals surface area contributed by atoms with E-state index >= 15 is 0 Å². The van der Waals surface area contributed by atoms with Gasteiger partial charge in [-0.2, -0.15) is 0 Å². The number of carbonyl (C=O) groups excluding carboxylic acids is 1. The summed E-state index contributed by atoms with van der Waals surface area (Å²) in [6.07, 6.45) is 1.02. The first-order valence-corrected chi connectivity index (χ1v) is 7.48. The number of nitrogens with zero attached hydrogens (tertiary/aromatic N) is 3. The second kappa shape index (κ2) is 8.59. The maximum atomic E-state index is 11.8. The average Bonchev–Trinajstić information content (AvgIpc) is 2.55. The van der Waals surface area contributed by atoms with Crippen LogP contribution in [0.3, 0.4) is 0 Å². The highest BCUT2D eigenvalue weighted by atomic mass is 16.5. The normalized spacial score (nSPS) is 10.9. The van der Waals surface area contributed by atoms with E-state index in [0.717, 1.165) is 6.54 Å². The number of nitrogen functional groups attached to an aromatic ring is 2. The van der Waals surface area contributed by atoms with Crippen molar-refractivity contribution in [3.05, 3.63) is 36.4 Å². The molecule has 0 aliphatic heterocycles. The fraction of sp³-hybridized carbons (Fsp3) is 0.250. The molecule has 126 valence electrons. The third kappa shape index (κ3) is 5.03. The molecule has 24 heavy (non-hydrogen) atoms. The number of azo groups is 1. The van der Waals surface area contributed by atoms with Crippen LogP contribution in [0.5, 0.6) is 5.75 Å². The van der Waals surface area contributed by atoms with E-state index in [4.69, 9.17) is 16.2 Å². The Bertz CT molecular complexity index is 732. The van der Waals surface area contributed by atoms with Crippen LogP contribution >= 0.6 is 0 Å². The van der Waals surface area contributed by atoms with Gasteiger partial charge in [0.05, 0.1) is 0 Å². The predicted molar refractivity (Wildman–Crippen MR) is 92.5 cm³/mol. The summed E-state index contributed by atoms with van der Waals surface area (Å²) in [5.74, 6) is 0.516. The van der Waals surface area contributed by atoms with E-state index in [2.05, 4.69) is 20.5 Å². The van der Waals surface area contributed by atoms with Crippen molar-refractivity contribution in [2.45, 2.75) is 12.8 Å². The summed E-state index contributed by atoms with van der Waals surface area (Å²) in [5, 5.41) is 11.1. The molecule has 0 saturated heterocycles. The van der Waals surface area contributed by atoms with Gasteiger partial charge >= 0.3 is 5.97 Å². The fourth-order valence-corrected chi connectivity index (χ4v) is 1.88. The van der Waals surface area contributed by atoms with Crippen molar-refractivity contribution in [2.24, 2.45) is 10.2 Å². The number of anilines is 2. The molecule has 2 rings (SSSR count). The lowest BCUT2D eigenvalue weighted by atomic mass is 10.3. The number of rotatable bonds is 7. The lowest BCUT2D eigenvalue weighted by molar-refractivity contribution is -0.134. The second-order valence-corrected chi connectivity index (χ2v) is 4.99. The zero-order valence-electron chi connectivity index (χ0n) is 13.4. The summed E-state index contributed by atoms with van der Waals surface area (Å²) in [7, 11) is 1.83. The van der Waals surface area contributed by atoms with Crippen LogP contribution < -0.4 is 21.5 Å². The Morgan fingerprint density at radius 3 is 2.67 bits per heavy atom. The summed E-state index contributed by atoms with van der Waals surface area (Å²) in [6, 6.07) is 10.1. The summed E-state index contributed by atoms with van der Waals surface area (Å²) in [4.78, 5) is 15.7. The quantitative estimate of drug-likeness (QED) is 0.310. The predicted octanol–water partition coefficient (Wildman–Crippen LogP) is 2.57. The minimum Gasteiger partial charge on any atom is -0.424 e. The fourth-order valence-electron chi connectivity index (χ4n) is 1.88. The molecule has 0 aliphatic rings. The number of nitrogens with one attached hydrogen (secondary N) is 1. The van der Waals surface area contributed by atoms with Crippen LogP contribution in [-0.2, 0) is 4.79 Å². The van der Waals surface area contributed by atoms with Crippen molar-refractivity contribution >= 4 is 29.0 Å². The Labute approximate surface area is 139 Å². The van der Waals surface area contributed by atoms with E-state index < -0.39 is 0 Å². The molecule has 0 unspecified atom stereocenters. The Kier molecular flexibility index (Phi) is 6.21. The highest BCUT2D eigenvalue weighted by molar-refractivity contribution is 5.74. The van der Waals surface area contributed by atoms with Crippen LogP contribution in [0.4, 0.5) is 23.0 Å². The first-order valence-electron chi connectivity index (χ1n) is 7.48. The molecular formula is C16H20N6O2. The van der Waals surface area contributed by atoms with E-state index in [1.54, 1.807) is 36.4 Å². The molecule has 0 amide bonds. The van der Waals surface area contributed by atoms with Crippen LogP contribution in [0.25, 0.3) is 0 Å². The number of benzene rings is 1. The van der Waals surface area contributed by atoms with Crippen molar-refractivity contribution in [1.82, 2.24) is 10.3 Å². The van der Waals surface area contributed by atoms with Gasteiger partial charge < -0.3 is 21.5 Å². The molecule has 0 atom stereocenters. The number of para-hydroxylation sites is 1. The molecule has 0 aliphatic carbocycles. The molecule has 0 spiro atoms. The first kappa shape index (κ1) is 17.4. The molecule has 0 fully saturated rings. The maximum absolute atomic E-state index is 11.8. The van der Waals surface area contributed by atoms with Gasteiger partial charge in [-0.05, 0) is 44.3 Å². The molecule has 1 aromatic heterocycles. The third-order valence-electron chi connectivity index (χ3n) is 3.09. The highest BCUT2D eigenvalue weighted by Crippen LogP contribution is 2.30. The zero-order valence-corrected chi connectivity index (χ0v) is 13.4. The number of ether oxygens (including phenoxy) is 1. The van der Waals surface area contributed by atoms with Crippen molar-refractivity contribution < 1.29 is 9.53 Å². The number of hydrogen-bond acceptors (Lipinski definition) is 8. The van der Waals surface area contributed by atoms with Crippen LogP contribution in [0, 0.1) is 0 Å². The highest BCUT2D eigenvalue weighted by Gasteiger charge is 2.09. The lowest BCUT2D eigenvalue weighted by Gasteiger charge is -2.06. The van der Waals surface area contributed by atoms with Crippen LogP contribution in [-0.4, -0.2) is 24.5 Å². The Morgan fingerprint density at radius 2 is 1.92 bits per heavy atom. The molecule has 8 heteroatoms. The standard InChI is InChI=1S/C16H20N6O2/c1-19-10-4-7-15(23)24-13-6-3-2-5-11(13)21-22-12-8-9-14(17)20-16(12)18/h2-3,5-6,8-9,19H,4,7,10H2,1H3,(H4,17,18,20). The van der Waals surface area contributed by atoms with Crippen molar-refractivity contribution in [2.75, 3.05) is 25.1 Å². The van der Waals surface area contributed by atoms with Gasteiger partial charge in [-0.15, -0.1) is 10.2 Å². The van der Waals surface area contributed by atoms with Gasteiger partial charge in [0.25, 0.3) is 0 Å². The largest absolute Gasteiger partial charge is 0.424 e. The number of aromatic nitrogens is 1. The topological polar surface area (TPSA) is 128 Å². The molecule has 1 aromatic carbocycles. The summed E-state index contributed by atoms with van der Waals surface area (Å²) in [6.45, 7) is 0.750. The zero-order chi connectivity index (χ0) is 17.4. The van der Waals surface area contributed by atoms with Gasteiger partial charge in [-0.1, -0.05) is 12.1 Å².